The molecule has 0 bridgehead atoms. The molecule has 0 saturated carbocycles. The summed E-state index contributed by atoms with van der Waals surface area (Å²) >= 11 is 0. The van der Waals surface area contributed by atoms with Crippen LogP contribution in [0.3, 0.4) is 0 Å². The average Bonchev–Trinajstić information content (AvgIpc) is 2.95. The zero-order valence-corrected chi connectivity index (χ0v) is 9.93. The Balaban J connectivity index is 2.14. The van der Waals surface area contributed by atoms with Crippen LogP contribution in [0.4, 0.5) is 0 Å². The Morgan fingerprint density at radius 3 is 3.35 bits per heavy atom. The predicted molar refractivity (Wildman–Crippen MR) is 63.3 cm³/mol. The molecule has 1 aromatic rings. The van der Waals surface area contributed by atoms with E-state index < -0.39 is 0 Å². The maximum absolute atomic E-state index is 11.3. The summed E-state index contributed by atoms with van der Waals surface area (Å²) in [6.07, 6.45) is 5.60. The molecular weight excluding hydrogens is 218 g/mol. The fourth-order valence-electron chi connectivity index (χ4n) is 2.08. The minimum absolute atomic E-state index is 0.0202. The number of carbonyl (C=O) groups is 1. The summed E-state index contributed by atoms with van der Waals surface area (Å²) in [7, 11) is 0. The molecule has 0 aromatic carbocycles. The van der Waals surface area contributed by atoms with E-state index in [2.05, 4.69) is 23.8 Å². The lowest BCUT2D eigenvalue weighted by Crippen LogP contribution is -2.36. The number of hydrogen-bond acceptors (Lipinski definition) is 3. The average molecular weight is 235 g/mol. The van der Waals surface area contributed by atoms with Gasteiger partial charge in [-0.1, -0.05) is 6.58 Å². The minimum atomic E-state index is -0.167. The van der Waals surface area contributed by atoms with Crippen LogP contribution in [0.15, 0.2) is 25.0 Å². The number of aryl methyl sites for hydroxylation is 1. The van der Waals surface area contributed by atoms with Gasteiger partial charge in [-0.25, -0.2) is 4.98 Å². The quantitative estimate of drug-likeness (QED) is 0.793. The molecule has 1 N–H and O–H groups in total. The Labute approximate surface area is 100 Å². The number of amides is 1. The van der Waals surface area contributed by atoms with Gasteiger partial charge in [0.1, 0.15) is 11.9 Å². The summed E-state index contributed by atoms with van der Waals surface area (Å²) < 4.78 is 7.70. The summed E-state index contributed by atoms with van der Waals surface area (Å²) in [4.78, 5) is 15.6. The molecule has 0 spiro atoms. The number of nitrogens with one attached hydrogen (secondary N) is 1. The van der Waals surface area contributed by atoms with E-state index >= 15 is 0 Å². The fourth-order valence-corrected chi connectivity index (χ4v) is 2.08. The predicted octanol–water partition coefficient (Wildman–Crippen LogP) is 1.04. The van der Waals surface area contributed by atoms with Gasteiger partial charge in [0.2, 0.25) is 5.91 Å². The highest BCUT2D eigenvalue weighted by Crippen LogP contribution is 2.28. The van der Waals surface area contributed by atoms with Crippen LogP contribution in [0.25, 0.3) is 0 Å². The van der Waals surface area contributed by atoms with Crippen molar-refractivity contribution in [1.29, 1.82) is 0 Å². The second-order valence-corrected chi connectivity index (χ2v) is 3.97. The van der Waals surface area contributed by atoms with Crippen molar-refractivity contribution in [2.75, 3.05) is 6.61 Å². The summed E-state index contributed by atoms with van der Waals surface area (Å²) in [5.41, 5.74) is 0. The van der Waals surface area contributed by atoms with Crippen LogP contribution < -0.4 is 5.32 Å². The van der Waals surface area contributed by atoms with Gasteiger partial charge in [0, 0.05) is 25.5 Å². The van der Waals surface area contributed by atoms with Crippen molar-refractivity contribution in [3.8, 4) is 0 Å². The van der Waals surface area contributed by atoms with Gasteiger partial charge < -0.3 is 14.6 Å². The normalized spacial score (nSPS) is 23.6. The Morgan fingerprint density at radius 2 is 2.65 bits per heavy atom. The lowest BCUT2D eigenvalue weighted by atomic mass is 10.1. The molecule has 1 aliphatic heterocycles. The Kier molecular flexibility index (Phi) is 3.58. The SMILES string of the molecule is C=CC(=O)N[C@H]1CCO[C@@H]1c1nccn1CC. The molecule has 2 heterocycles. The van der Waals surface area contributed by atoms with Crippen LogP contribution in [0.1, 0.15) is 25.3 Å². The topological polar surface area (TPSA) is 56.1 Å². The summed E-state index contributed by atoms with van der Waals surface area (Å²) in [6.45, 7) is 6.99. The molecule has 5 heteroatoms. The second kappa shape index (κ2) is 5.14. The molecule has 0 radical (unpaired) electrons. The summed E-state index contributed by atoms with van der Waals surface area (Å²) in [5.74, 6) is 0.708. The molecule has 1 aromatic heterocycles. The first-order valence-corrected chi connectivity index (χ1v) is 5.81. The fraction of sp³-hybridized carbons (Fsp3) is 0.500. The van der Waals surface area contributed by atoms with Gasteiger partial charge in [0.05, 0.1) is 6.04 Å². The van der Waals surface area contributed by atoms with Crippen molar-refractivity contribution in [2.24, 2.45) is 0 Å². The van der Waals surface area contributed by atoms with Crippen LogP contribution >= 0.6 is 0 Å². The van der Waals surface area contributed by atoms with Gasteiger partial charge >= 0.3 is 0 Å². The second-order valence-electron chi connectivity index (χ2n) is 3.97. The molecule has 1 fully saturated rings. The smallest absolute Gasteiger partial charge is 0.243 e. The number of nitrogens with zero attached hydrogens (tertiary/aromatic N) is 2. The number of aromatic nitrogens is 2. The number of rotatable bonds is 4. The van der Waals surface area contributed by atoms with Gasteiger partial charge in [-0.15, -0.1) is 0 Å². The first-order valence-electron chi connectivity index (χ1n) is 5.81. The molecule has 1 amide bonds. The van der Waals surface area contributed by atoms with Crippen molar-refractivity contribution < 1.29 is 9.53 Å². The largest absolute Gasteiger partial charge is 0.368 e. The summed E-state index contributed by atoms with van der Waals surface area (Å²) in [6, 6.07) is -0.0202. The van der Waals surface area contributed by atoms with Crippen molar-refractivity contribution in [2.45, 2.75) is 32.0 Å². The van der Waals surface area contributed by atoms with E-state index in [4.69, 9.17) is 4.74 Å². The molecular formula is C12H17N3O2. The first-order chi connectivity index (χ1) is 8.26. The number of ether oxygens (including phenoxy) is 1. The van der Waals surface area contributed by atoms with E-state index in [-0.39, 0.29) is 18.1 Å². The molecule has 17 heavy (non-hydrogen) atoms. The number of carbonyl (C=O) groups excluding carboxylic acids is 1. The van der Waals surface area contributed by atoms with E-state index in [0.29, 0.717) is 6.61 Å². The molecule has 2 atom stereocenters. The Morgan fingerprint density at radius 1 is 1.82 bits per heavy atom. The van der Waals surface area contributed by atoms with E-state index in [0.717, 1.165) is 18.8 Å². The Bertz CT molecular complexity index is 414. The highest BCUT2D eigenvalue weighted by Gasteiger charge is 2.33. The highest BCUT2D eigenvalue weighted by molar-refractivity contribution is 5.87. The molecule has 2 rings (SSSR count). The van der Waals surface area contributed by atoms with E-state index in [9.17, 15) is 4.79 Å². The van der Waals surface area contributed by atoms with Crippen LogP contribution in [0.5, 0.6) is 0 Å². The third-order valence-corrected chi connectivity index (χ3v) is 2.95. The zero-order valence-electron chi connectivity index (χ0n) is 9.93. The van der Waals surface area contributed by atoms with Crippen molar-refractivity contribution in [1.82, 2.24) is 14.9 Å². The van der Waals surface area contributed by atoms with Crippen molar-refractivity contribution >= 4 is 5.91 Å². The molecule has 1 aliphatic rings. The highest BCUT2D eigenvalue weighted by atomic mass is 16.5. The molecule has 1 saturated heterocycles. The third kappa shape index (κ3) is 2.39. The van der Waals surface area contributed by atoms with E-state index in [1.54, 1.807) is 6.20 Å². The third-order valence-electron chi connectivity index (χ3n) is 2.95. The lowest BCUT2D eigenvalue weighted by molar-refractivity contribution is -0.117. The number of imidazole rings is 1. The standard InChI is InChI=1S/C12H17N3O2/c1-3-10(16)14-9-5-8-17-11(9)12-13-6-7-15(12)4-2/h3,6-7,9,11H,1,4-5,8H2,2H3,(H,14,16)/t9-,11-/m0/s1. The van der Waals surface area contributed by atoms with E-state index in [1.165, 1.54) is 6.08 Å². The molecule has 5 nitrogen and oxygen atoms in total. The minimum Gasteiger partial charge on any atom is -0.368 e. The zero-order chi connectivity index (χ0) is 12.3. The van der Waals surface area contributed by atoms with Crippen LogP contribution in [-0.2, 0) is 16.1 Å². The maximum atomic E-state index is 11.3. The van der Waals surface area contributed by atoms with Crippen molar-refractivity contribution in [3.05, 3.63) is 30.9 Å². The summed E-state index contributed by atoms with van der Waals surface area (Å²) in [5, 5.41) is 2.88. The van der Waals surface area contributed by atoms with Crippen molar-refractivity contribution in [3.63, 3.8) is 0 Å². The van der Waals surface area contributed by atoms with Gasteiger partial charge in [-0.3, -0.25) is 4.79 Å². The van der Waals surface area contributed by atoms with Crippen LogP contribution in [0, 0.1) is 0 Å². The van der Waals surface area contributed by atoms with Gasteiger partial charge in [-0.05, 0) is 19.4 Å². The van der Waals surface area contributed by atoms with Gasteiger partial charge in [0.15, 0.2) is 0 Å². The van der Waals surface area contributed by atoms with Crippen LogP contribution in [0.2, 0.25) is 0 Å². The Hall–Kier alpha value is -1.62. The first kappa shape index (κ1) is 11.9. The maximum Gasteiger partial charge on any atom is 0.243 e. The van der Waals surface area contributed by atoms with Gasteiger partial charge in [0.25, 0.3) is 0 Å². The van der Waals surface area contributed by atoms with Gasteiger partial charge in [-0.2, -0.15) is 0 Å². The monoisotopic (exact) mass is 235 g/mol. The van der Waals surface area contributed by atoms with E-state index in [1.807, 2.05) is 10.8 Å². The lowest BCUT2D eigenvalue weighted by Gasteiger charge is -2.19. The molecule has 0 aliphatic carbocycles. The number of hydrogen-bond donors (Lipinski definition) is 1. The molecule has 92 valence electrons. The molecule has 0 unspecified atom stereocenters. The van der Waals surface area contributed by atoms with Crippen LogP contribution in [-0.4, -0.2) is 28.1 Å².